The van der Waals surface area contributed by atoms with E-state index in [-0.39, 0.29) is 5.91 Å². The number of rotatable bonds is 5. The first-order valence-corrected chi connectivity index (χ1v) is 8.05. The highest BCUT2D eigenvalue weighted by atomic mass is 16.5. The molecule has 0 atom stereocenters. The van der Waals surface area contributed by atoms with E-state index in [1.54, 1.807) is 43.1 Å². The second-order valence-electron chi connectivity index (χ2n) is 5.78. The second kappa shape index (κ2) is 7.26. The summed E-state index contributed by atoms with van der Waals surface area (Å²) in [7, 11) is 3.15. The Balaban J connectivity index is 1.75. The first-order chi connectivity index (χ1) is 12.5. The van der Waals surface area contributed by atoms with Crippen LogP contribution in [0.4, 0.5) is 5.69 Å². The summed E-state index contributed by atoms with van der Waals surface area (Å²) in [5, 5.41) is 7.12. The van der Waals surface area contributed by atoms with Crippen LogP contribution < -0.4 is 14.8 Å². The van der Waals surface area contributed by atoms with Gasteiger partial charge in [-0.3, -0.25) is 4.79 Å². The average Bonchev–Trinajstić information content (AvgIpc) is 3.00. The molecule has 0 saturated carbocycles. The summed E-state index contributed by atoms with van der Waals surface area (Å²) in [5.41, 5.74) is 3.20. The second-order valence-corrected chi connectivity index (χ2v) is 5.78. The Morgan fingerprint density at radius 1 is 1.15 bits per heavy atom. The van der Waals surface area contributed by atoms with Gasteiger partial charge in [0.25, 0.3) is 0 Å². The number of benzene rings is 1. The fourth-order valence-electron chi connectivity index (χ4n) is 2.64. The van der Waals surface area contributed by atoms with E-state index in [0.29, 0.717) is 23.0 Å². The molecule has 2 heterocycles. The minimum absolute atomic E-state index is 0.240. The minimum atomic E-state index is -0.240. The predicted octanol–water partition coefficient (Wildman–Crippen LogP) is 3.02. The van der Waals surface area contributed by atoms with Crippen molar-refractivity contribution in [2.75, 3.05) is 19.5 Å². The van der Waals surface area contributed by atoms with E-state index >= 15 is 0 Å². The Hall–Kier alpha value is -3.35. The first kappa shape index (κ1) is 17.5. The van der Waals surface area contributed by atoms with Gasteiger partial charge >= 0.3 is 0 Å². The number of carbonyl (C=O) groups is 1. The third kappa shape index (κ3) is 3.66. The van der Waals surface area contributed by atoms with Crippen LogP contribution in [0.15, 0.2) is 36.5 Å². The molecule has 3 aromatic rings. The van der Waals surface area contributed by atoms with Crippen LogP contribution in [0.3, 0.4) is 0 Å². The Kier molecular flexibility index (Phi) is 4.88. The molecule has 7 heteroatoms. The Labute approximate surface area is 151 Å². The molecule has 1 amide bonds. The van der Waals surface area contributed by atoms with E-state index < -0.39 is 0 Å². The molecule has 0 aliphatic heterocycles. The summed E-state index contributed by atoms with van der Waals surface area (Å²) >= 11 is 0. The molecule has 0 aliphatic rings. The maximum absolute atomic E-state index is 12.2. The monoisotopic (exact) mass is 352 g/mol. The molecule has 3 rings (SSSR count). The van der Waals surface area contributed by atoms with Gasteiger partial charge < -0.3 is 14.8 Å². The first-order valence-electron chi connectivity index (χ1n) is 8.05. The lowest BCUT2D eigenvalue weighted by molar-refractivity contribution is -0.111. The van der Waals surface area contributed by atoms with E-state index in [4.69, 9.17) is 9.47 Å². The largest absolute Gasteiger partial charge is 0.493 e. The van der Waals surface area contributed by atoms with Gasteiger partial charge in [-0.2, -0.15) is 5.10 Å². The van der Waals surface area contributed by atoms with Crippen molar-refractivity contribution in [3.05, 3.63) is 53.5 Å². The fourth-order valence-corrected chi connectivity index (χ4v) is 2.64. The lowest BCUT2D eigenvalue weighted by atomic mass is 10.2. The highest BCUT2D eigenvalue weighted by Crippen LogP contribution is 2.28. The molecule has 0 radical (unpaired) electrons. The number of pyridine rings is 1. The van der Waals surface area contributed by atoms with Crippen LogP contribution in [-0.4, -0.2) is 34.7 Å². The van der Waals surface area contributed by atoms with E-state index in [2.05, 4.69) is 15.4 Å². The number of anilines is 1. The molecule has 134 valence electrons. The maximum atomic E-state index is 12.2. The van der Waals surface area contributed by atoms with Gasteiger partial charge in [-0.1, -0.05) is 6.07 Å². The maximum Gasteiger partial charge on any atom is 0.248 e. The van der Waals surface area contributed by atoms with Crippen LogP contribution in [0.2, 0.25) is 0 Å². The third-order valence-electron chi connectivity index (χ3n) is 3.83. The van der Waals surface area contributed by atoms with Crippen LogP contribution in [0.25, 0.3) is 11.7 Å². The molecule has 1 aromatic carbocycles. The number of aromatic nitrogens is 3. The molecule has 0 unspecified atom stereocenters. The van der Waals surface area contributed by atoms with Gasteiger partial charge in [-0.15, -0.1) is 0 Å². The summed E-state index contributed by atoms with van der Waals surface area (Å²) in [6, 6.07) is 7.31. The highest BCUT2D eigenvalue weighted by Gasteiger charge is 2.07. The van der Waals surface area contributed by atoms with E-state index in [1.807, 2.05) is 26.0 Å². The highest BCUT2D eigenvalue weighted by molar-refractivity contribution is 6.02. The molecule has 0 fully saturated rings. The van der Waals surface area contributed by atoms with Gasteiger partial charge in [0.15, 0.2) is 17.1 Å². The number of nitrogens with zero attached hydrogens (tertiary/aromatic N) is 3. The third-order valence-corrected chi connectivity index (χ3v) is 3.83. The smallest absolute Gasteiger partial charge is 0.248 e. The lowest BCUT2D eigenvalue weighted by Gasteiger charge is -2.07. The number of aryl methyl sites for hydroxylation is 2. The topological polar surface area (TPSA) is 77.8 Å². The average molecular weight is 352 g/mol. The van der Waals surface area contributed by atoms with Crippen LogP contribution in [0, 0.1) is 13.8 Å². The van der Waals surface area contributed by atoms with Gasteiger partial charge in [0.05, 0.1) is 26.1 Å². The van der Waals surface area contributed by atoms with Crippen molar-refractivity contribution >= 4 is 23.3 Å². The van der Waals surface area contributed by atoms with Crippen LogP contribution >= 0.6 is 0 Å². The molecule has 0 aliphatic carbocycles. The molecular weight excluding hydrogens is 332 g/mol. The molecular formula is C19H20N4O3. The van der Waals surface area contributed by atoms with Crippen molar-refractivity contribution in [1.82, 2.24) is 14.6 Å². The molecule has 7 nitrogen and oxygen atoms in total. The summed E-state index contributed by atoms with van der Waals surface area (Å²) in [6.07, 6.45) is 4.92. The fraction of sp³-hybridized carbons (Fsp3) is 0.211. The SMILES string of the molecule is COc1ccc(/C=C/C(=O)Nc2cc(C)c3nc(C)nn3c2)cc1OC. The number of carbonyl (C=O) groups excluding carboxylic acids is 1. The van der Waals surface area contributed by atoms with Crippen LogP contribution in [-0.2, 0) is 4.79 Å². The standard InChI is InChI=1S/C19H20N4O3/c1-12-9-15(11-23-19(12)20-13(2)22-23)21-18(24)8-6-14-5-7-16(25-3)17(10-14)26-4/h5-11H,1-4H3,(H,21,24)/b8-6+. The lowest BCUT2D eigenvalue weighted by Crippen LogP contribution is -2.09. The Morgan fingerprint density at radius 3 is 2.65 bits per heavy atom. The summed E-state index contributed by atoms with van der Waals surface area (Å²) < 4.78 is 12.1. The molecule has 2 aromatic heterocycles. The van der Waals surface area contributed by atoms with Crippen molar-refractivity contribution in [1.29, 1.82) is 0 Å². The zero-order valence-electron chi connectivity index (χ0n) is 15.1. The number of methoxy groups -OCH3 is 2. The zero-order valence-corrected chi connectivity index (χ0v) is 15.1. The number of hydrogen-bond donors (Lipinski definition) is 1. The van der Waals surface area contributed by atoms with Gasteiger partial charge in [0, 0.05) is 6.08 Å². The van der Waals surface area contributed by atoms with Gasteiger partial charge in [0.1, 0.15) is 5.82 Å². The summed E-state index contributed by atoms with van der Waals surface area (Å²) in [6.45, 7) is 3.76. The van der Waals surface area contributed by atoms with Crippen molar-refractivity contribution in [3.63, 3.8) is 0 Å². The van der Waals surface area contributed by atoms with Gasteiger partial charge in [0.2, 0.25) is 5.91 Å². The quantitative estimate of drug-likeness (QED) is 0.714. The summed E-state index contributed by atoms with van der Waals surface area (Å²) in [4.78, 5) is 16.6. The van der Waals surface area contributed by atoms with Crippen molar-refractivity contribution in [2.45, 2.75) is 13.8 Å². The number of ether oxygens (including phenoxy) is 2. The molecule has 0 bridgehead atoms. The normalized spacial score (nSPS) is 11.1. The number of fused-ring (bicyclic) bond motifs is 1. The van der Waals surface area contributed by atoms with Crippen molar-refractivity contribution in [2.24, 2.45) is 0 Å². The van der Waals surface area contributed by atoms with Crippen molar-refractivity contribution < 1.29 is 14.3 Å². The van der Waals surface area contributed by atoms with E-state index in [0.717, 1.165) is 16.8 Å². The predicted molar refractivity (Wildman–Crippen MR) is 99.7 cm³/mol. The number of amides is 1. The minimum Gasteiger partial charge on any atom is -0.493 e. The van der Waals surface area contributed by atoms with Crippen LogP contribution in [0.1, 0.15) is 17.0 Å². The Morgan fingerprint density at radius 2 is 1.92 bits per heavy atom. The molecule has 1 N–H and O–H groups in total. The molecule has 0 saturated heterocycles. The van der Waals surface area contributed by atoms with E-state index in [1.165, 1.54) is 6.08 Å². The Bertz CT molecular complexity index is 992. The number of hydrogen-bond acceptors (Lipinski definition) is 5. The van der Waals surface area contributed by atoms with Crippen molar-refractivity contribution in [3.8, 4) is 11.5 Å². The zero-order chi connectivity index (χ0) is 18.7. The van der Waals surface area contributed by atoms with E-state index in [9.17, 15) is 4.79 Å². The molecule has 26 heavy (non-hydrogen) atoms. The number of nitrogens with one attached hydrogen (secondary N) is 1. The van der Waals surface area contributed by atoms with Gasteiger partial charge in [-0.05, 0) is 49.2 Å². The molecule has 0 spiro atoms. The van der Waals surface area contributed by atoms with Crippen LogP contribution in [0.5, 0.6) is 11.5 Å². The van der Waals surface area contributed by atoms with Gasteiger partial charge in [-0.25, -0.2) is 9.50 Å². The summed E-state index contributed by atoms with van der Waals surface area (Å²) in [5.74, 6) is 1.69.